The topological polar surface area (TPSA) is 37.8 Å². The van der Waals surface area contributed by atoms with Gasteiger partial charge in [0.25, 0.3) is 0 Å². The van der Waals surface area contributed by atoms with Gasteiger partial charge in [-0.15, -0.1) is 0 Å². The molecule has 0 unspecified atom stereocenters. The van der Waals surface area contributed by atoms with Gasteiger partial charge in [-0.25, -0.2) is 4.79 Å². The zero-order chi connectivity index (χ0) is 11.0. The van der Waals surface area contributed by atoms with Crippen molar-refractivity contribution in [2.45, 2.75) is 25.3 Å². The van der Waals surface area contributed by atoms with Crippen LogP contribution in [0.4, 0.5) is 0 Å². The minimum atomic E-state index is 0.0172. The van der Waals surface area contributed by atoms with E-state index in [9.17, 15) is 4.79 Å². The molecule has 1 aromatic carbocycles. The lowest BCUT2D eigenvalue weighted by Gasteiger charge is -2.27. The smallest absolute Gasteiger partial charge is 0.312 e. The lowest BCUT2D eigenvalue weighted by atomic mass is 9.92. The van der Waals surface area contributed by atoms with Gasteiger partial charge in [0, 0.05) is 12.2 Å². The quantitative estimate of drug-likeness (QED) is 0.819. The molecule has 0 aliphatic heterocycles. The third kappa shape index (κ3) is 1.40. The Labute approximate surface area is 93.7 Å². The first-order valence-corrected chi connectivity index (χ1v) is 5.71. The molecule has 1 saturated carbocycles. The van der Waals surface area contributed by atoms with Crippen LogP contribution in [0.15, 0.2) is 41.3 Å². The van der Waals surface area contributed by atoms with Crippen molar-refractivity contribution in [2.75, 3.05) is 0 Å². The highest BCUT2D eigenvalue weighted by Crippen LogP contribution is 2.33. The van der Waals surface area contributed by atoms with Gasteiger partial charge in [0.2, 0.25) is 0 Å². The molecule has 0 saturated heterocycles. The molecule has 16 heavy (non-hydrogen) atoms. The molecule has 3 heteroatoms. The molecule has 82 valence electrons. The van der Waals surface area contributed by atoms with E-state index in [1.807, 2.05) is 41.1 Å². The van der Waals surface area contributed by atoms with Crippen molar-refractivity contribution >= 4 is 0 Å². The maximum absolute atomic E-state index is 11.8. The van der Waals surface area contributed by atoms with E-state index in [4.69, 9.17) is 0 Å². The van der Waals surface area contributed by atoms with Crippen LogP contribution in [0.2, 0.25) is 0 Å². The number of hydrogen-bond donors (Lipinski definition) is 1. The summed E-state index contributed by atoms with van der Waals surface area (Å²) in [6.45, 7) is 0. The third-order valence-electron chi connectivity index (χ3n) is 3.32. The summed E-state index contributed by atoms with van der Waals surface area (Å²) in [5.74, 6) is 0. The van der Waals surface area contributed by atoms with E-state index in [2.05, 4.69) is 4.98 Å². The fourth-order valence-electron chi connectivity index (χ4n) is 2.22. The molecule has 1 fully saturated rings. The summed E-state index contributed by atoms with van der Waals surface area (Å²) in [5, 5.41) is 0. The predicted molar refractivity (Wildman–Crippen MR) is 63.4 cm³/mol. The van der Waals surface area contributed by atoms with Crippen molar-refractivity contribution in [1.29, 1.82) is 0 Å². The van der Waals surface area contributed by atoms with Gasteiger partial charge in [-0.1, -0.05) is 30.3 Å². The van der Waals surface area contributed by atoms with Crippen LogP contribution < -0.4 is 5.69 Å². The fraction of sp³-hybridized carbons (Fsp3) is 0.308. The molecule has 2 aromatic rings. The van der Waals surface area contributed by atoms with Crippen molar-refractivity contribution < 1.29 is 0 Å². The highest BCUT2D eigenvalue weighted by Gasteiger charge is 2.23. The Hall–Kier alpha value is -1.77. The van der Waals surface area contributed by atoms with Gasteiger partial charge in [-0.3, -0.25) is 4.57 Å². The minimum absolute atomic E-state index is 0.0172. The molecule has 1 N–H and O–H groups in total. The molecule has 1 aliphatic rings. The second-order valence-electron chi connectivity index (χ2n) is 4.30. The third-order valence-corrected chi connectivity index (χ3v) is 3.32. The van der Waals surface area contributed by atoms with Crippen molar-refractivity contribution in [3.05, 3.63) is 47.0 Å². The Morgan fingerprint density at radius 2 is 1.94 bits per heavy atom. The highest BCUT2D eigenvalue weighted by atomic mass is 16.1. The first-order chi connectivity index (χ1) is 7.86. The molecular weight excluding hydrogens is 200 g/mol. The van der Waals surface area contributed by atoms with Crippen molar-refractivity contribution in [3.8, 4) is 11.3 Å². The molecule has 3 rings (SSSR count). The molecule has 0 radical (unpaired) electrons. The Morgan fingerprint density at radius 3 is 2.56 bits per heavy atom. The van der Waals surface area contributed by atoms with Crippen LogP contribution in [-0.4, -0.2) is 9.55 Å². The zero-order valence-electron chi connectivity index (χ0n) is 9.02. The summed E-state index contributed by atoms with van der Waals surface area (Å²) in [6.07, 6.45) is 5.29. The number of hydrogen-bond acceptors (Lipinski definition) is 1. The van der Waals surface area contributed by atoms with Crippen LogP contribution in [0.5, 0.6) is 0 Å². The van der Waals surface area contributed by atoms with Crippen LogP contribution in [0.1, 0.15) is 25.3 Å². The van der Waals surface area contributed by atoms with Gasteiger partial charge in [0.1, 0.15) is 0 Å². The largest absolute Gasteiger partial charge is 0.326 e. The summed E-state index contributed by atoms with van der Waals surface area (Å²) >= 11 is 0. The number of nitrogens with zero attached hydrogens (tertiary/aromatic N) is 1. The summed E-state index contributed by atoms with van der Waals surface area (Å²) in [5.41, 5.74) is 2.13. The molecule has 0 atom stereocenters. The first-order valence-electron chi connectivity index (χ1n) is 5.71. The van der Waals surface area contributed by atoms with E-state index in [0.29, 0.717) is 6.04 Å². The number of benzene rings is 1. The summed E-state index contributed by atoms with van der Waals surface area (Å²) < 4.78 is 1.90. The van der Waals surface area contributed by atoms with Gasteiger partial charge in [-0.2, -0.15) is 0 Å². The average molecular weight is 214 g/mol. The first kappa shape index (κ1) is 9.46. The molecule has 3 nitrogen and oxygen atoms in total. The molecule has 1 aliphatic carbocycles. The van der Waals surface area contributed by atoms with E-state index in [-0.39, 0.29) is 5.69 Å². The number of aromatic amines is 1. The maximum Gasteiger partial charge on any atom is 0.326 e. The standard InChI is InChI=1S/C13H14N2O/c16-13-14-9-12(10-5-2-1-3-6-10)15(13)11-7-4-8-11/h1-3,5-6,9,11H,4,7-8H2,(H,14,16). The van der Waals surface area contributed by atoms with Gasteiger partial charge in [0.15, 0.2) is 0 Å². The monoisotopic (exact) mass is 214 g/mol. The van der Waals surface area contributed by atoms with Gasteiger partial charge in [-0.05, 0) is 24.8 Å². The van der Waals surface area contributed by atoms with E-state index < -0.39 is 0 Å². The molecule has 0 amide bonds. The van der Waals surface area contributed by atoms with Gasteiger partial charge in [0.05, 0.1) is 5.69 Å². The van der Waals surface area contributed by atoms with Crippen molar-refractivity contribution in [3.63, 3.8) is 0 Å². The maximum atomic E-state index is 11.8. The second-order valence-corrected chi connectivity index (χ2v) is 4.30. The summed E-state index contributed by atoms with van der Waals surface area (Å²) in [4.78, 5) is 14.5. The van der Waals surface area contributed by atoms with E-state index in [1.54, 1.807) is 0 Å². The Morgan fingerprint density at radius 1 is 1.19 bits per heavy atom. The normalized spacial score (nSPS) is 16.0. The SMILES string of the molecule is O=c1[nH]cc(-c2ccccc2)n1C1CCC1. The number of nitrogens with one attached hydrogen (secondary N) is 1. The summed E-state index contributed by atoms with van der Waals surface area (Å²) in [7, 11) is 0. The second kappa shape index (κ2) is 3.67. The van der Waals surface area contributed by atoms with E-state index in [1.165, 1.54) is 6.42 Å². The zero-order valence-corrected chi connectivity index (χ0v) is 9.02. The lowest BCUT2D eigenvalue weighted by Crippen LogP contribution is -2.27. The number of H-pyrrole nitrogens is 1. The fourth-order valence-corrected chi connectivity index (χ4v) is 2.22. The molecule has 0 spiro atoms. The van der Waals surface area contributed by atoms with Gasteiger partial charge < -0.3 is 4.98 Å². The molecule has 0 bridgehead atoms. The van der Waals surface area contributed by atoms with Crippen LogP contribution in [0.3, 0.4) is 0 Å². The average Bonchev–Trinajstić information content (AvgIpc) is 2.60. The van der Waals surface area contributed by atoms with E-state index in [0.717, 1.165) is 24.1 Å². The van der Waals surface area contributed by atoms with Gasteiger partial charge >= 0.3 is 5.69 Å². The van der Waals surface area contributed by atoms with Crippen LogP contribution >= 0.6 is 0 Å². The highest BCUT2D eigenvalue weighted by molar-refractivity contribution is 5.58. The Balaban J connectivity index is 2.11. The molecule has 1 heterocycles. The number of imidazole rings is 1. The minimum Gasteiger partial charge on any atom is -0.312 e. The van der Waals surface area contributed by atoms with E-state index >= 15 is 0 Å². The predicted octanol–water partition coefficient (Wildman–Crippen LogP) is 2.57. The number of aromatic nitrogens is 2. The Bertz CT molecular complexity index is 535. The Kier molecular flexibility index (Phi) is 2.17. The van der Waals surface area contributed by atoms with Crippen molar-refractivity contribution in [1.82, 2.24) is 9.55 Å². The van der Waals surface area contributed by atoms with Crippen LogP contribution in [-0.2, 0) is 0 Å². The molecule has 1 aromatic heterocycles. The lowest BCUT2D eigenvalue weighted by molar-refractivity contribution is 0.310. The van der Waals surface area contributed by atoms with Crippen LogP contribution in [0.25, 0.3) is 11.3 Å². The summed E-state index contributed by atoms with van der Waals surface area (Å²) in [6, 6.07) is 10.5. The number of rotatable bonds is 2. The van der Waals surface area contributed by atoms with Crippen LogP contribution in [0, 0.1) is 0 Å². The molecular formula is C13H14N2O. The van der Waals surface area contributed by atoms with Crippen molar-refractivity contribution in [2.24, 2.45) is 0 Å².